The van der Waals surface area contributed by atoms with Gasteiger partial charge in [-0.05, 0) is 31.8 Å². The Morgan fingerprint density at radius 1 is 1.42 bits per heavy atom. The van der Waals surface area contributed by atoms with Crippen molar-refractivity contribution in [3.8, 4) is 0 Å². The molecule has 74 valence electrons. The van der Waals surface area contributed by atoms with E-state index < -0.39 is 0 Å². The summed E-state index contributed by atoms with van der Waals surface area (Å²) in [7, 11) is 0. The van der Waals surface area contributed by atoms with Crippen LogP contribution >= 0.6 is 0 Å². The van der Waals surface area contributed by atoms with Crippen LogP contribution < -0.4 is 11.1 Å². The summed E-state index contributed by atoms with van der Waals surface area (Å²) < 4.78 is 0. The molecule has 1 atom stereocenters. The van der Waals surface area contributed by atoms with Gasteiger partial charge in [0.1, 0.15) is 0 Å². The molecule has 0 aliphatic heterocycles. The first-order valence-corrected chi connectivity index (χ1v) is 4.76. The molecular formula is C9H22N2O. The molecule has 0 heterocycles. The minimum absolute atomic E-state index is 0.262. The average molecular weight is 174 g/mol. The molecule has 0 fully saturated rings. The second kappa shape index (κ2) is 7.53. The van der Waals surface area contributed by atoms with Crippen LogP contribution in [0.2, 0.25) is 0 Å². The maximum absolute atomic E-state index is 8.78. The third-order valence-corrected chi connectivity index (χ3v) is 2.03. The largest absolute Gasteiger partial charge is 0.396 e. The molecule has 12 heavy (non-hydrogen) atoms. The molecular weight excluding hydrogens is 152 g/mol. The summed E-state index contributed by atoms with van der Waals surface area (Å²) in [5.74, 6) is 0.579. The number of hydrogen-bond acceptors (Lipinski definition) is 3. The predicted molar refractivity (Wildman–Crippen MR) is 52.0 cm³/mol. The summed E-state index contributed by atoms with van der Waals surface area (Å²) in [6.45, 7) is 6.28. The lowest BCUT2D eigenvalue weighted by atomic mass is 10.0. The van der Waals surface area contributed by atoms with E-state index in [-0.39, 0.29) is 6.61 Å². The van der Waals surface area contributed by atoms with Crippen molar-refractivity contribution in [3.05, 3.63) is 0 Å². The molecule has 0 aromatic carbocycles. The molecule has 3 heteroatoms. The summed E-state index contributed by atoms with van der Waals surface area (Å²) in [5.41, 5.74) is 5.38. The first-order valence-electron chi connectivity index (χ1n) is 4.76. The first kappa shape index (κ1) is 11.9. The van der Waals surface area contributed by atoms with Gasteiger partial charge in [0, 0.05) is 12.6 Å². The Morgan fingerprint density at radius 2 is 2.08 bits per heavy atom. The lowest BCUT2D eigenvalue weighted by Gasteiger charge is -2.21. The van der Waals surface area contributed by atoms with Crippen LogP contribution in [0.4, 0.5) is 0 Å². The molecule has 0 spiro atoms. The highest BCUT2D eigenvalue weighted by molar-refractivity contribution is 4.69. The third-order valence-electron chi connectivity index (χ3n) is 2.03. The lowest BCUT2D eigenvalue weighted by molar-refractivity contribution is 0.244. The summed E-state index contributed by atoms with van der Waals surface area (Å²) >= 11 is 0. The van der Waals surface area contributed by atoms with Crippen LogP contribution in [0.3, 0.4) is 0 Å². The number of aliphatic hydroxyl groups is 1. The molecule has 0 radical (unpaired) electrons. The molecule has 0 aromatic rings. The van der Waals surface area contributed by atoms with Crippen molar-refractivity contribution < 1.29 is 5.11 Å². The lowest BCUT2D eigenvalue weighted by Crippen LogP contribution is -2.35. The van der Waals surface area contributed by atoms with Gasteiger partial charge < -0.3 is 16.2 Å². The molecule has 0 saturated heterocycles. The fourth-order valence-electron chi connectivity index (χ4n) is 1.20. The van der Waals surface area contributed by atoms with E-state index in [1.807, 2.05) is 0 Å². The Bertz CT molecular complexity index is 96.5. The van der Waals surface area contributed by atoms with Crippen LogP contribution in [-0.2, 0) is 0 Å². The van der Waals surface area contributed by atoms with Gasteiger partial charge in [-0.3, -0.25) is 0 Å². The third kappa shape index (κ3) is 5.52. The first-order chi connectivity index (χ1) is 5.72. The summed E-state index contributed by atoms with van der Waals surface area (Å²) in [4.78, 5) is 0. The quantitative estimate of drug-likeness (QED) is 0.488. The fraction of sp³-hybridized carbons (Fsp3) is 1.00. The van der Waals surface area contributed by atoms with Crippen molar-refractivity contribution in [3.63, 3.8) is 0 Å². The zero-order valence-electron chi connectivity index (χ0n) is 8.21. The van der Waals surface area contributed by atoms with E-state index in [1.54, 1.807) is 0 Å². The number of hydrogen-bond donors (Lipinski definition) is 3. The molecule has 1 unspecified atom stereocenters. The van der Waals surface area contributed by atoms with Gasteiger partial charge in [-0.15, -0.1) is 0 Å². The van der Waals surface area contributed by atoms with Crippen LogP contribution in [0, 0.1) is 5.92 Å². The van der Waals surface area contributed by atoms with Crippen molar-refractivity contribution in [1.29, 1.82) is 0 Å². The van der Waals surface area contributed by atoms with E-state index in [1.165, 1.54) is 0 Å². The molecule has 0 bridgehead atoms. The summed E-state index contributed by atoms with van der Waals surface area (Å²) in [6, 6.07) is 0.432. The number of aliphatic hydroxyl groups excluding tert-OH is 1. The van der Waals surface area contributed by atoms with Gasteiger partial charge >= 0.3 is 0 Å². The number of rotatable bonds is 7. The Kier molecular flexibility index (Phi) is 7.45. The van der Waals surface area contributed by atoms with Crippen molar-refractivity contribution in [2.24, 2.45) is 11.7 Å². The smallest absolute Gasteiger partial charge is 0.0445 e. The summed E-state index contributed by atoms with van der Waals surface area (Å²) in [5, 5.41) is 12.2. The average Bonchev–Trinajstić information content (AvgIpc) is 2.03. The highest BCUT2D eigenvalue weighted by Gasteiger charge is 2.10. The van der Waals surface area contributed by atoms with Gasteiger partial charge in [0.25, 0.3) is 0 Å². The number of nitrogens with one attached hydrogen (secondary N) is 1. The Balaban J connectivity index is 3.49. The second-order valence-corrected chi connectivity index (χ2v) is 3.46. The van der Waals surface area contributed by atoms with E-state index in [2.05, 4.69) is 19.2 Å². The van der Waals surface area contributed by atoms with Gasteiger partial charge in [0.15, 0.2) is 0 Å². The monoisotopic (exact) mass is 174 g/mol. The topological polar surface area (TPSA) is 58.3 Å². The van der Waals surface area contributed by atoms with E-state index in [4.69, 9.17) is 10.8 Å². The molecule has 0 aliphatic carbocycles. The fourth-order valence-corrected chi connectivity index (χ4v) is 1.20. The maximum Gasteiger partial charge on any atom is 0.0445 e. The van der Waals surface area contributed by atoms with Crippen molar-refractivity contribution in [2.45, 2.75) is 32.7 Å². The Morgan fingerprint density at radius 3 is 2.50 bits per heavy atom. The van der Waals surface area contributed by atoms with Crippen LogP contribution in [0.25, 0.3) is 0 Å². The normalized spacial score (nSPS) is 13.8. The SMILES string of the molecule is CC(C)C(CCO)NCCCN. The second-order valence-electron chi connectivity index (χ2n) is 3.46. The molecule has 0 aliphatic rings. The van der Waals surface area contributed by atoms with Gasteiger partial charge in [0.05, 0.1) is 0 Å². The highest BCUT2D eigenvalue weighted by atomic mass is 16.3. The molecule has 4 N–H and O–H groups in total. The van der Waals surface area contributed by atoms with Gasteiger partial charge in [-0.25, -0.2) is 0 Å². The highest BCUT2D eigenvalue weighted by Crippen LogP contribution is 2.04. The van der Waals surface area contributed by atoms with E-state index in [0.29, 0.717) is 12.0 Å². The van der Waals surface area contributed by atoms with E-state index in [9.17, 15) is 0 Å². The van der Waals surface area contributed by atoms with Gasteiger partial charge in [-0.1, -0.05) is 13.8 Å². The van der Waals surface area contributed by atoms with E-state index >= 15 is 0 Å². The Labute approximate surface area is 75.3 Å². The van der Waals surface area contributed by atoms with Crippen LogP contribution in [0.1, 0.15) is 26.7 Å². The van der Waals surface area contributed by atoms with Crippen LogP contribution in [0.15, 0.2) is 0 Å². The predicted octanol–water partition coefficient (Wildman–Crippen LogP) is 0.332. The minimum atomic E-state index is 0.262. The van der Waals surface area contributed by atoms with Gasteiger partial charge in [-0.2, -0.15) is 0 Å². The summed E-state index contributed by atoms with van der Waals surface area (Å²) in [6.07, 6.45) is 1.84. The van der Waals surface area contributed by atoms with Crippen LogP contribution in [-0.4, -0.2) is 30.8 Å². The van der Waals surface area contributed by atoms with Crippen molar-refractivity contribution in [2.75, 3.05) is 19.7 Å². The molecule has 0 rings (SSSR count). The molecule has 0 saturated carbocycles. The number of nitrogens with two attached hydrogens (primary N) is 1. The maximum atomic E-state index is 8.78. The molecule has 0 amide bonds. The standard InChI is InChI=1S/C9H22N2O/c1-8(2)9(4-7-12)11-6-3-5-10/h8-9,11-12H,3-7,10H2,1-2H3. The zero-order valence-corrected chi connectivity index (χ0v) is 8.21. The zero-order chi connectivity index (χ0) is 9.40. The van der Waals surface area contributed by atoms with Crippen molar-refractivity contribution >= 4 is 0 Å². The van der Waals surface area contributed by atoms with E-state index in [0.717, 1.165) is 25.9 Å². The van der Waals surface area contributed by atoms with Gasteiger partial charge in [0.2, 0.25) is 0 Å². The van der Waals surface area contributed by atoms with Crippen LogP contribution in [0.5, 0.6) is 0 Å². The molecule has 0 aromatic heterocycles. The van der Waals surface area contributed by atoms with Crippen molar-refractivity contribution in [1.82, 2.24) is 5.32 Å². The minimum Gasteiger partial charge on any atom is -0.396 e. The molecule has 3 nitrogen and oxygen atoms in total. The Hall–Kier alpha value is -0.120.